The van der Waals surface area contributed by atoms with E-state index < -0.39 is 0 Å². The molecule has 1 aromatic rings. The molecule has 0 spiro atoms. The largest absolute Gasteiger partial charge is 0.426 e. The fraction of sp³-hybridized carbons (Fsp3) is 0.571. The highest BCUT2D eigenvalue weighted by molar-refractivity contribution is 5.12. The van der Waals surface area contributed by atoms with Crippen LogP contribution in [0, 0.1) is 0 Å². The van der Waals surface area contributed by atoms with Crippen molar-refractivity contribution in [3.05, 3.63) is 12.0 Å². The molecule has 1 fully saturated rings. The second kappa shape index (κ2) is 2.54. The summed E-state index contributed by atoms with van der Waals surface area (Å²) in [5.41, 5.74) is 5.31. The van der Waals surface area contributed by atoms with Crippen LogP contribution in [-0.4, -0.2) is 11.6 Å². The Kier molecular flexibility index (Phi) is 1.54. The van der Waals surface area contributed by atoms with E-state index in [1.807, 2.05) is 0 Å². The van der Waals surface area contributed by atoms with Crippen molar-refractivity contribution in [2.24, 2.45) is 0 Å². The van der Waals surface area contributed by atoms with Crippen LogP contribution in [0.2, 0.25) is 0 Å². The first-order chi connectivity index (χ1) is 5.36. The molecule has 1 saturated heterocycles. The van der Waals surface area contributed by atoms with Crippen LogP contribution in [0.5, 0.6) is 0 Å². The van der Waals surface area contributed by atoms with Crippen LogP contribution in [0.15, 0.2) is 10.6 Å². The number of nitrogens with zero attached hydrogens (tertiary/aromatic N) is 1. The summed E-state index contributed by atoms with van der Waals surface area (Å²) in [6.45, 7) is 0.811. The highest BCUT2D eigenvalue weighted by Gasteiger charge is 2.20. The third-order valence-corrected chi connectivity index (χ3v) is 1.79. The predicted octanol–water partition coefficient (Wildman–Crippen LogP) is 1.11. The first-order valence-electron chi connectivity index (χ1n) is 3.69. The molecule has 1 aliphatic heterocycles. The van der Waals surface area contributed by atoms with Crippen molar-refractivity contribution in [2.45, 2.75) is 18.9 Å². The Morgan fingerprint density at radius 1 is 1.64 bits per heavy atom. The Balaban J connectivity index is 2.15. The zero-order valence-corrected chi connectivity index (χ0v) is 6.12. The minimum atomic E-state index is 0.0831. The van der Waals surface area contributed by atoms with Gasteiger partial charge in [0.25, 0.3) is 6.01 Å². The summed E-state index contributed by atoms with van der Waals surface area (Å²) in [6, 6.07) is 0.218. The number of rotatable bonds is 1. The smallest absolute Gasteiger partial charge is 0.292 e. The Hall–Kier alpha value is -1.03. The van der Waals surface area contributed by atoms with Gasteiger partial charge in [-0.3, -0.25) is 0 Å². The van der Waals surface area contributed by atoms with Gasteiger partial charge in [0.2, 0.25) is 0 Å². The van der Waals surface area contributed by atoms with E-state index in [9.17, 15) is 0 Å². The molecule has 2 rings (SSSR count). The lowest BCUT2D eigenvalue weighted by Crippen LogP contribution is -1.92. The molecule has 11 heavy (non-hydrogen) atoms. The number of nitrogen functional groups attached to an aromatic ring is 1. The molecule has 0 aromatic carbocycles. The predicted molar refractivity (Wildman–Crippen MR) is 38.8 cm³/mol. The van der Waals surface area contributed by atoms with E-state index in [1.54, 1.807) is 6.20 Å². The fourth-order valence-electron chi connectivity index (χ4n) is 1.25. The van der Waals surface area contributed by atoms with Crippen LogP contribution in [0.4, 0.5) is 6.01 Å². The van der Waals surface area contributed by atoms with Crippen LogP contribution < -0.4 is 5.73 Å². The van der Waals surface area contributed by atoms with Crippen molar-refractivity contribution in [3.63, 3.8) is 0 Å². The number of anilines is 1. The minimum absolute atomic E-state index is 0.0831. The van der Waals surface area contributed by atoms with Crippen LogP contribution in [0.3, 0.4) is 0 Å². The van der Waals surface area contributed by atoms with Crippen molar-refractivity contribution in [2.75, 3.05) is 12.3 Å². The highest BCUT2D eigenvalue weighted by Crippen LogP contribution is 2.28. The van der Waals surface area contributed by atoms with Crippen molar-refractivity contribution < 1.29 is 9.15 Å². The van der Waals surface area contributed by atoms with Gasteiger partial charge in [0.1, 0.15) is 6.10 Å². The first-order valence-corrected chi connectivity index (χ1v) is 3.69. The van der Waals surface area contributed by atoms with Gasteiger partial charge in [0.15, 0.2) is 5.76 Å². The Bertz CT molecular complexity index is 240. The molecule has 2 N–H and O–H groups in total. The fourth-order valence-corrected chi connectivity index (χ4v) is 1.25. The van der Waals surface area contributed by atoms with Crippen molar-refractivity contribution in [1.82, 2.24) is 4.98 Å². The molecular weight excluding hydrogens is 144 g/mol. The van der Waals surface area contributed by atoms with E-state index in [2.05, 4.69) is 4.98 Å². The summed E-state index contributed by atoms with van der Waals surface area (Å²) in [7, 11) is 0. The molecule has 0 radical (unpaired) electrons. The summed E-state index contributed by atoms with van der Waals surface area (Å²) in [6.07, 6.45) is 3.81. The quantitative estimate of drug-likeness (QED) is 0.658. The Labute approximate surface area is 64.4 Å². The molecule has 0 bridgehead atoms. The lowest BCUT2D eigenvalue weighted by Gasteiger charge is -2.02. The molecule has 1 aromatic heterocycles. The van der Waals surface area contributed by atoms with Gasteiger partial charge in [-0.25, -0.2) is 4.98 Å². The summed E-state index contributed by atoms with van der Waals surface area (Å²) >= 11 is 0. The van der Waals surface area contributed by atoms with Gasteiger partial charge in [0.05, 0.1) is 6.20 Å². The van der Waals surface area contributed by atoms with E-state index in [-0.39, 0.29) is 12.1 Å². The molecule has 0 saturated carbocycles. The van der Waals surface area contributed by atoms with E-state index >= 15 is 0 Å². The summed E-state index contributed by atoms with van der Waals surface area (Å²) in [5, 5.41) is 0. The van der Waals surface area contributed by atoms with Crippen molar-refractivity contribution >= 4 is 6.01 Å². The molecule has 1 unspecified atom stereocenters. The van der Waals surface area contributed by atoms with Gasteiger partial charge >= 0.3 is 0 Å². The van der Waals surface area contributed by atoms with E-state index in [0.29, 0.717) is 0 Å². The molecule has 1 atom stereocenters. The first kappa shape index (κ1) is 6.67. The zero-order valence-electron chi connectivity index (χ0n) is 6.12. The number of oxazole rings is 1. The maximum absolute atomic E-state index is 5.36. The van der Waals surface area contributed by atoms with E-state index in [1.165, 1.54) is 0 Å². The summed E-state index contributed by atoms with van der Waals surface area (Å²) in [5.74, 6) is 0.750. The van der Waals surface area contributed by atoms with Crippen molar-refractivity contribution in [3.8, 4) is 0 Å². The lowest BCUT2D eigenvalue weighted by atomic mass is 10.2. The topological polar surface area (TPSA) is 61.3 Å². The average Bonchev–Trinajstić information content (AvgIpc) is 2.55. The van der Waals surface area contributed by atoms with Crippen LogP contribution in [0.1, 0.15) is 24.7 Å². The second-order valence-electron chi connectivity index (χ2n) is 2.60. The molecule has 2 heterocycles. The van der Waals surface area contributed by atoms with Crippen LogP contribution in [-0.2, 0) is 4.74 Å². The number of nitrogens with two attached hydrogens (primary N) is 1. The van der Waals surface area contributed by atoms with E-state index in [4.69, 9.17) is 14.9 Å². The lowest BCUT2D eigenvalue weighted by molar-refractivity contribution is 0.0943. The van der Waals surface area contributed by atoms with Gasteiger partial charge in [-0.15, -0.1) is 0 Å². The molecule has 4 nitrogen and oxygen atoms in total. The third kappa shape index (κ3) is 1.21. The number of ether oxygens (including phenoxy) is 1. The molecule has 0 amide bonds. The van der Waals surface area contributed by atoms with Gasteiger partial charge in [0, 0.05) is 6.61 Å². The Morgan fingerprint density at radius 2 is 2.55 bits per heavy atom. The number of aromatic nitrogens is 1. The molecule has 0 aliphatic carbocycles. The zero-order chi connectivity index (χ0) is 7.68. The average molecular weight is 154 g/mol. The SMILES string of the molecule is Nc1ncc(C2CCCO2)o1. The summed E-state index contributed by atoms with van der Waals surface area (Å²) < 4.78 is 10.5. The van der Waals surface area contributed by atoms with Gasteiger partial charge < -0.3 is 14.9 Å². The standard InChI is InChI=1S/C7H10N2O2/c8-7-9-4-6(11-7)5-2-1-3-10-5/h4-5H,1-3H2,(H2,8,9). The van der Waals surface area contributed by atoms with Crippen LogP contribution in [0.25, 0.3) is 0 Å². The van der Waals surface area contributed by atoms with Gasteiger partial charge in [-0.1, -0.05) is 0 Å². The highest BCUT2D eigenvalue weighted by atomic mass is 16.5. The maximum atomic E-state index is 5.36. The van der Waals surface area contributed by atoms with Crippen LogP contribution >= 0.6 is 0 Å². The van der Waals surface area contributed by atoms with Gasteiger partial charge in [-0.05, 0) is 12.8 Å². The Morgan fingerprint density at radius 3 is 3.09 bits per heavy atom. The number of hydrogen-bond donors (Lipinski definition) is 1. The second-order valence-corrected chi connectivity index (χ2v) is 2.60. The maximum Gasteiger partial charge on any atom is 0.292 e. The number of hydrogen-bond acceptors (Lipinski definition) is 4. The molecule has 4 heteroatoms. The third-order valence-electron chi connectivity index (χ3n) is 1.79. The molecular formula is C7H10N2O2. The molecule has 60 valence electrons. The minimum Gasteiger partial charge on any atom is -0.426 e. The summed E-state index contributed by atoms with van der Waals surface area (Å²) in [4.78, 5) is 3.79. The monoisotopic (exact) mass is 154 g/mol. The normalized spacial score (nSPS) is 24.2. The van der Waals surface area contributed by atoms with Gasteiger partial charge in [-0.2, -0.15) is 0 Å². The van der Waals surface area contributed by atoms with Crippen molar-refractivity contribution in [1.29, 1.82) is 0 Å². The molecule has 1 aliphatic rings. The van der Waals surface area contributed by atoms with E-state index in [0.717, 1.165) is 25.2 Å².